The van der Waals surface area contributed by atoms with Gasteiger partial charge in [0.2, 0.25) is 0 Å². The summed E-state index contributed by atoms with van der Waals surface area (Å²) >= 11 is 14.0. The molecule has 2 aromatic rings. The van der Waals surface area contributed by atoms with Crippen LogP contribution in [-0.4, -0.2) is 16.5 Å². The van der Waals surface area contributed by atoms with Crippen LogP contribution in [-0.2, 0) is 17.9 Å². The van der Waals surface area contributed by atoms with Crippen molar-refractivity contribution in [2.24, 2.45) is 0 Å². The largest absolute Gasteiger partial charge is 0.370 e. The van der Waals surface area contributed by atoms with Gasteiger partial charge in [0, 0.05) is 40.1 Å². The summed E-state index contributed by atoms with van der Waals surface area (Å²) in [6.45, 7) is 2.93. The Morgan fingerprint density at radius 2 is 2.10 bits per heavy atom. The van der Waals surface area contributed by atoms with E-state index in [2.05, 4.69) is 17.2 Å². The van der Waals surface area contributed by atoms with Crippen LogP contribution in [0, 0.1) is 0 Å². The van der Waals surface area contributed by atoms with Crippen LogP contribution in [0.4, 0.5) is 5.82 Å². The Labute approximate surface area is 138 Å². The lowest BCUT2D eigenvalue weighted by Gasteiger charge is -2.11. The first-order chi connectivity index (χ1) is 10.2. The van der Waals surface area contributed by atoms with E-state index in [9.17, 15) is 0 Å². The van der Waals surface area contributed by atoms with E-state index < -0.39 is 0 Å². The zero-order valence-corrected chi connectivity index (χ0v) is 13.9. The normalized spacial score (nSPS) is 13.3. The maximum absolute atomic E-state index is 6.24. The summed E-state index contributed by atoms with van der Waals surface area (Å²) in [4.78, 5) is 9.36. The molecular formula is C15H15Cl2N3S. The van der Waals surface area contributed by atoms with Crippen molar-refractivity contribution in [3.8, 4) is 0 Å². The molecule has 0 aliphatic carbocycles. The predicted molar refractivity (Wildman–Crippen MR) is 90.5 cm³/mol. The second-order valence-corrected chi connectivity index (χ2v) is 6.68. The molecule has 1 aromatic carbocycles. The van der Waals surface area contributed by atoms with Crippen molar-refractivity contribution >= 4 is 40.8 Å². The molecule has 1 aliphatic heterocycles. The van der Waals surface area contributed by atoms with Crippen molar-refractivity contribution < 1.29 is 0 Å². The van der Waals surface area contributed by atoms with Gasteiger partial charge in [0.1, 0.15) is 11.6 Å². The van der Waals surface area contributed by atoms with Gasteiger partial charge >= 0.3 is 0 Å². The van der Waals surface area contributed by atoms with E-state index in [0.717, 1.165) is 41.0 Å². The number of benzene rings is 1. The second kappa shape index (κ2) is 6.42. The van der Waals surface area contributed by atoms with E-state index in [1.807, 2.05) is 23.9 Å². The van der Waals surface area contributed by atoms with Gasteiger partial charge in [-0.2, -0.15) is 11.8 Å². The number of hydrogen-bond donors (Lipinski definition) is 1. The molecule has 2 heterocycles. The molecule has 0 saturated carbocycles. The van der Waals surface area contributed by atoms with E-state index in [1.54, 1.807) is 6.07 Å². The summed E-state index contributed by atoms with van der Waals surface area (Å²) in [5.74, 6) is 3.71. The summed E-state index contributed by atoms with van der Waals surface area (Å²) in [6.07, 6.45) is 0.617. The minimum Gasteiger partial charge on any atom is -0.370 e. The maximum Gasteiger partial charge on any atom is 0.135 e. The lowest BCUT2D eigenvalue weighted by atomic mass is 10.1. The quantitative estimate of drug-likeness (QED) is 0.886. The molecule has 21 heavy (non-hydrogen) atoms. The highest BCUT2D eigenvalue weighted by Gasteiger charge is 2.19. The fraction of sp³-hybridized carbons (Fsp3) is 0.333. The number of rotatable bonds is 4. The Hall–Kier alpha value is -0.970. The van der Waals surface area contributed by atoms with Gasteiger partial charge in [-0.25, -0.2) is 9.97 Å². The number of nitrogens with one attached hydrogen (secondary N) is 1. The van der Waals surface area contributed by atoms with Crippen LogP contribution < -0.4 is 5.32 Å². The first-order valence-corrected chi connectivity index (χ1v) is 8.72. The van der Waals surface area contributed by atoms with Gasteiger partial charge in [-0.05, 0) is 24.6 Å². The molecule has 0 amide bonds. The molecule has 1 aliphatic rings. The molecule has 0 unspecified atom stereocenters. The molecule has 0 saturated heterocycles. The van der Waals surface area contributed by atoms with Crippen molar-refractivity contribution in [1.82, 2.24) is 9.97 Å². The average Bonchev–Trinajstić information content (AvgIpc) is 2.91. The van der Waals surface area contributed by atoms with E-state index in [1.165, 1.54) is 5.56 Å². The fourth-order valence-electron chi connectivity index (χ4n) is 2.33. The first kappa shape index (κ1) is 14.9. The molecule has 3 rings (SSSR count). The molecule has 0 fully saturated rings. The molecule has 0 atom stereocenters. The lowest BCUT2D eigenvalue weighted by Crippen LogP contribution is -2.09. The van der Waals surface area contributed by atoms with Gasteiger partial charge in [0.25, 0.3) is 0 Å². The predicted octanol–water partition coefficient (Wildman–Crippen LogP) is 4.55. The Morgan fingerprint density at radius 3 is 2.86 bits per heavy atom. The Balaban J connectivity index is 1.93. The topological polar surface area (TPSA) is 37.8 Å². The molecule has 6 heteroatoms. The van der Waals surface area contributed by atoms with Gasteiger partial charge < -0.3 is 5.32 Å². The summed E-state index contributed by atoms with van der Waals surface area (Å²) in [5.41, 5.74) is 3.38. The van der Waals surface area contributed by atoms with Crippen molar-refractivity contribution in [3.05, 3.63) is 50.9 Å². The zero-order chi connectivity index (χ0) is 14.8. The number of halogens is 2. The van der Waals surface area contributed by atoms with Crippen LogP contribution in [0.3, 0.4) is 0 Å². The highest BCUT2D eigenvalue weighted by molar-refractivity contribution is 7.98. The van der Waals surface area contributed by atoms with Crippen molar-refractivity contribution in [2.45, 2.75) is 24.9 Å². The van der Waals surface area contributed by atoms with Gasteiger partial charge in [-0.1, -0.05) is 29.3 Å². The minimum atomic E-state index is 0.617. The number of nitrogens with zero attached hydrogens (tertiary/aromatic N) is 2. The third-order valence-corrected chi connectivity index (χ3v) is 4.89. The minimum absolute atomic E-state index is 0.617. The molecule has 1 N–H and O–H groups in total. The van der Waals surface area contributed by atoms with Crippen LogP contribution in [0.1, 0.15) is 29.6 Å². The molecule has 0 bridgehead atoms. The third-order valence-electron chi connectivity index (χ3n) is 3.33. The maximum atomic E-state index is 6.24. The Morgan fingerprint density at radius 1 is 1.24 bits per heavy atom. The average molecular weight is 340 g/mol. The number of anilines is 1. The molecule has 1 aromatic heterocycles. The molecule has 0 spiro atoms. The number of thioether (sulfide) groups is 1. The van der Waals surface area contributed by atoms with E-state index in [4.69, 9.17) is 28.2 Å². The van der Waals surface area contributed by atoms with E-state index in [-0.39, 0.29) is 0 Å². The van der Waals surface area contributed by atoms with E-state index in [0.29, 0.717) is 16.5 Å². The van der Waals surface area contributed by atoms with Crippen molar-refractivity contribution in [3.63, 3.8) is 0 Å². The standard InChI is InChI=1S/C15H15Cl2N3S/c1-2-18-15-11-7-21-8-13(11)19-14(20-15)5-9-3-4-10(16)6-12(9)17/h3-4,6H,2,5,7-8H2,1H3,(H,18,19,20). The summed E-state index contributed by atoms with van der Waals surface area (Å²) in [7, 11) is 0. The SMILES string of the molecule is CCNc1nc(Cc2ccc(Cl)cc2Cl)nc2c1CSC2. The lowest BCUT2D eigenvalue weighted by molar-refractivity contribution is 0.924. The van der Waals surface area contributed by atoms with Gasteiger partial charge in [0.15, 0.2) is 0 Å². The number of fused-ring (bicyclic) bond motifs is 1. The van der Waals surface area contributed by atoms with Crippen LogP contribution in [0.2, 0.25) is 10.0 Å². The van der Waals surface area contributed by atoms with Crippen LogP contribution >= 0.6 is 35.0 Å². The summed E-state index contributed by atoms with van der Waals surface area (Å²) in [6, 6.07) is 5.53. The fourth-order valence-corrected chi connectivity index (χ4v) is 3.85. The van der Waals surface area contributed by atoms with Crippen LogP contribution in [0.25, 0.3) is 0 Å². The monoisotopic (exact) mass is 339 g/mol. The van der Waals surface area contributed by atoms with Gasteiger partial charge in [-0.3, -0.25) is 0 Å². The summed E-state index contributed by atoms with van der Waals surface area (Å²) < 4.78 is 0. The van der Waals surface area contributed by atoms with Gasteiger partial charge in [0.05, 0.1) is 5.69 Å². The first-order valence-electron chi connectivity index (χ1n) is 6.81. The smallest absolute Gasteiger partial charge is 0.135 e. The third kappa shape index (κ3) is 3.28. The highest BCUT2D eigenvalue weighted by atomic mass is 35.5. The van der Waals surface area contributed by atoms with Crippen molar-refractivity contribution in [1.29, 1.82) is 0 Å². The number of hydrogen-bond acceptors (Lipinski definition) is 4. The highest BCUT2D eigenvalue weighted by Crippen LogP contribution is 2.33. The number of aromatic nitrogens is 2. The second-order valence-electron chi connectivity index (χ2n) is 4.85. The molecule has 110 valence electrons. The Bertz CT molecular complexity index is 676. The molecule has 0 radical (unpaired) electrons. The molecular weight excluding hydrogens is 325 g/mol. The van der Waals surface area contributed by atoms with Gasteiger partial charge in [-0.15, -0.1) is 0 Å². The summed E-state index contributed by atoms with van der Waals surface area (Å²) in [5, 5.41) is 4.64. The van der Waals surface area contributed by atoms with Crippen LogP contribution in [0.5, 0.6) is 0 Å². The van der Waals surface area contributed by atoms with Crippen LogP contribution in [0.15, 0.2) is 18.2 Å². The Kier molecular flexibility index (Phi) is 4.57. The molecule has 3 nitrogen and oxygen atoms in total. The zero-order valence-electron chi connectivity index (χ0n) is 11.6. The van der Waals surface area contributed by atoms with E-state index >= 15 is 0 Å². The van der Waals surface area contributed by atoms with Crippen molar-refractivity contribution in [2.75, 3.05) is 11.9 Å².